The fraction of sp³-hybridized carbons (Fsp3) is 0.409. The summed E-state index contributed by atoms with van der Waals surface area (Å²) in [5.74, 6) is -1.35. The van der Waals surface area contributed by atoms with Gasteiger partial charge in [-0.3, -0.25) is 14.2 Å². The zero-order valence-electron chi connectivity index (χ0n) is 17.8. The van der Waals surface area contributed by atoms with Gasteiger partial charge in [-0.25, -0.2) is 19.0 Å². The summed E-state index contributed by atoms with van der Waals surface area (Å²) in [6.45, 7) is 1.05. The van der Waals surface area contributed by atoms with Gasteiger partial charge in [0.1, 0.15) is 24.3 Å². The summed E-state index contributed by atoms with van der Waals surface area (Å²) >= 11 is 0. The normalized spacial score (nSPS) is 17.0. The molecule has 3 heterocycles. The molecule has 3 aromatic rings. The lowest BCUT2D eigenvalue weighted by Gasteiger charge is -2.28. The SMILES string of the molecule is O=C(NCc1ccc(F)cc1-n1cncn1)c1nc2n(c(=O)c1O)CCOCC21CCCC1. The maximum atomic E-state index is 13.8. The standard InChI is InChI=1S/C22H23FN6O4/c23-15-4-3-14(16(9-15)29-13-24-12-26-29)10-25-19(31)17-18(30)20(32)28-7-8-33-11-22(21(28)27-17)5-1-2-6-22/h3-4,9,12-13,30H,1-2,5-8,10-11H2,(H,25,31). The summed E-state index contributed by atoms with van der Waals surface area (Å²) < 4.78 is 22.4. The molecule has 1 amide bonds. The fourth-order valence-corrected chi connectivity index (χ4v) is 4.71. The highest BCUT2D eigenvalue weighted by molar-refractivity contribution is 5.94. The van der Waals surface area contributed by atoms with Crippen LogP contribution in [0.15, 0.2) is 35.6 Å². The number of benzene rings is 1. The molecular weight excluding hydrogens is 431 g/mol. The third kappa shape index (κ3) is 3.78. The van der Waals surface area contributed by atoms with Crippen LogP contribution in [-0.4, -0.2) is 48.5 Å². The van der Waals surface area contributed by atoms with Crippen molar-refractivity contribution in [2.75, 3.05) is 13.2 Å². The molecular formula is C22H23FN6O4. The number of halogens is 1. The van der Waals surface area contributed by atoms with Gasteiger partial charge in [-0.15, -0.1) is 0 Å². The van der Waals surface area contributed by atoms with E-state index in [0.717, 1.165) is 25.7 Å². The van der Waals surface area contributed by atoms with Crippen molar-refractivity contribution in [1.29, 1.82) is 0 Å². The summed E-state index contributed by atoms with van der Waals surface area (Å²) in [5.41, 5.74) is -0.415. The van der Waals surface area contributed by atoms with Gasteiger partial charge in [0.15, 0.2) is 5.69 Å². The molecule has 10 nitrogen and oxygen atoms in total. The Hall–Kier alpha value is -3.60. The molecule has 1 saturated carbocycles. The molecule has 11 heteroatoms. The van der Waals surface area contributed by atoms with Crippen molar-refractivity contribution in [3.05, 3.63) is 64.1 Å². The lowest BCUT2D eigenvalue weighted by atomic mass is 9.86. The number of carbonyl (C=O) groups is 1. The van der Waals surface area contributed by atoms with E-state index in [0.29, 0.717) is 30.3 Å². The second-order valence-corrected chi connectivity index (χ2v) is 8.43. The molecule has 0 radical (unpaired) electrons. The van der Waals surface area contributed by atoms with E-state index in [4.69, 9.17) is 4.74 Å². The molecule has 0 bridgehead atoms. The average Bonchev–Trinajstić information content (AvgIpc) is 3.48. The van der Waals surface area contributed by atoms with Crippen LogP contribution in [0.25, 0.3) is 5.69 Å². The predicted molar refractivity (Wildman–Crippen MR) is 114 cm³/mol. The van der Waals surface area contributed by atoms with Gasteiger partial charge in [0, 0.05) is 6.54 Å². The Morgan fingerprint density at radius 1 is 1.30 bits per heavy atom. The topological polar surface area (TPSA) is 124 Å². The smallest absolute Gasteiger partial charge is 0.296 e. The number of ether oxygens (including phenoxy) is 1. The van der Waals surface area contributed by atoms with Crippen molar-refractivity contribution >= 4 is 5.91 Å². The summed E-state index contributed by atoms with van der Waals surface area (Å²) in [6.07, 6.45) is 6.32. The molecule has 5 rings (SSSR count). The van der Waals surface area contributed by atoms with Gasteiger partial charge in [0.25, 0.3) is 11.5 Å². The average molecular weight is 454 g/mol. The molecule has 0 saturated heterocycles. The van der Waals surface area contributed by atoms with Crippen molar-refractivity contribution in [2.24, 2.45) is 0 Å². The van der Waals surface area contributed by atoms with E-state index >= 15 is 0 Å². The molecule has 1 aliphatic carbocycles. The maximum absolute atomic E-state index is 13.8. The number of fused-ring (bicyclic) bond motifs is 2. The number of aromatic nitrogens is 5. The van der Waals surface area contributed by atoms with Gasteiger partial charge in [-0.05, 0) is 30.5 Å². The number of nitrogens with zero attached hydrogens (tertiary/aromatic N) is 5. The number of nitrogens with one attached hydrogen (secondary N) is 1. The monoisotopic (exact) mass is 454 g/mol. The molecule has 33 heavy (non-hydrogen) atoms. The Labute approximate surface area is 188 Å². The van der Waals surface area contributed by atoms with Gasteiger partial charge in [-0.2, -0.15) is 5.10 Å². The highest BCUT2D eigenvalue weighted by atomic mass is 19.1. The molecule has 1 fully saturated rings. The van der Waals surface area contributed by atoms with E-state index in [2.05, 4.69) is 20.4 Å². The number of rotatable bonds is 4. The summed E-state index contributed by atoms with van der Waals surface area (Å²) in [7, 11) is 0. The predicted octanol–water partition coefficient (Wildman–Crippen LogP) is 1.44. The van der Waals surface area contributed by atoms with Gasteiger partial charge in [-0.1, -0.05) is 18.9 Å². The summed E-state index contributed by atoms with van der Waals surface area (Å²) in [6, 6.07) is 4.08. The first-order valence-electron chi connectivity index (χ1n) is 10.8. The fourth-order valence-electron chi connectivity index (χ4n) is 4.71. The van der Waals surface area contributed by atoms with Gasteiger partial charge in [0.05, 0.1) is 30.9 Å². The first-order valence-corrected chi connectivity index (χ1v) is 10.8. The Morgan fingerprint density at radius 2 is 2.12 bits per heavy atom. The Morgan fingerprint density at radius 3 is 2.88 bits per heavy atom. The van der Waals surface area contributed by atoms with Gasteiger partial charge < -0.3 is 15.2 Å². The summed E-state index contributed by atoms with van der Waals surface area (Å²) in [4.78, 5) is 34.3. The van der Waals surface area contributed by atoms with Crippen LogP contribution < -0.4 is 10.9 Å². The van der Waals surface area contributed by atoms with Crippen LogP contribution in [0.2, 0.25) is 0 Å². The van der Waals surface area contributed by atoms with E-state index in [1.165, 1.54) is 40.1 Å². The zero-order chi connectivity index (χ0) is 23.0. The minimum atomic E-state index is -0.694. The lowest BCUT2D eigenvalue weighted by molar-refractivity contribution is 0.0911. The second kappa shape index (κ2) is 8.39. The van der Waals surface area contributed by atoms with Crippen LogP contribution in [0.1, 0.15) is 47.6 Å². The highest BCUT2D eigenvalue weighted by Gasteiger charge is 2.42. The molecule has 2 N–H and O–H groups in total. The minimum absolute atomic E-state index is 0.00208. The van der Waals surface area contributed by atoms with Crippen molar-refractivity contribution in [1.82, 2.24) is 29.6 Å². The quantitative estimate of drug-likeness (QED) is 0.611. The molecule has 1 aromatic carbocycles. The van der Waals surface area contributed by atoms with Crippen LogP contribution in [0.4, 0.5) is 4.39 Å². The third-order valence-corrected chi connectivity index (χ3v) is 6.39. The van der Waals surface area contributed by atoms with Crippen molar-refractivity contribution in [3.8, 4) is 11.4 Å². The molecule has 2 aromatic heterocycles. The Bertz CT molecular complexity index is 1250. The van der Waals surface area contributed by atoms with Crippen molar-refractivity contribution < 1.29 is 19.0 Å². The number of carbonyl (C=O) groups excluding carboxylic acids is 1. The van der Waals surface area contributed by atoms with Crippen LogP contribution in [0.5, 0.6) is 5.75 Å². The van der Waals surface area contributed by atoms with Crippen LogP contribution in [0, 0.1) is 5.82 Å². The van der Waals surface area contributed by atoms with E-state index in [1.54, 1.807) is 0 Å². The molecule has 172 valence electrons. The molecule has 0 atom stereocenters. The first-order chi connectivity index (χ1) is 16.0. The number of amides is 1. The molecule has 1 spiro atoms. The van der Waals surface area contributed by atoms with Gasteiger partial charge in [0.2, 0.25) is 5.75 Å². The number of hydrogen-bond acceptors (Lipinski definition) is 7. The lowest BCUT2D eigenvalue weighted by Crippen LogP contribution is -2.38. The van der Waals surface area contributed by atoms with Crippen LogP contribution in [0.3, 0.4) is 0 Å². The van der Waals surface area contributed by atoms with E-state index in [9.17, 15) is 19.1 Å². The maximum Gasteiger partial charge on any atom is 0.296 e. The van der Waals surface area contributed by atoms with E-state index in [-0.39, 0.29) is 18.8 Å². The number of aromatic hydroxyl groups is 1. The Kier molecular flexibility index (Phi) is 5.41. The van der Waals surface area contributed by atoms with Crippen molar-refractivity contribution in [3.63, 3.8) is 0 Å². The van der Waals surface area contributed by atoms with Crippen molar-refractivity contribution in [2.45, 2.75) is 44.2 Å². The third-order valence-electron chi connectivity index (χ3n) is 6.39. The molecule has 1 aliphatic heterocycles. The van der Waals surface area contributed by atoms with E-state index in [1.807, 2.05) is 0 Å². The first kappa shape index (κ1) is 21.3. The zero-order valence-corrected chi connectivity index (χ0v) is 17.8. The highest BCUT2D eigenvalue weighted by Crippen LogP contribution is 2.41. The largest absolute Gasteiger partial charge is 0.501 e. The van der Waals surface area contributed by atoms with E-state index < -0.39 is 28.4 Å². The molecule has 0 unspecified atom stereocenters. The number of hydrogen-bond donors (Lipinski definition) is 2. The second-order valence-electron chi connectivity index (χ2n) is 8.43. The summed E-state index contributed by atoms with van der Waals surface area (Å²) in [5, 5.41) is 17.2. The molecule has 2 aliphatic rings. The van der Waals surface area contributed by atoms with Gasteiger partial charge >= 0.3 is 0 Å². The Balaban J connectivity index is 1.47. The van der Waals surface area contributed by atoms with Crippen LogP contribution in [-0.2, 0) is 23.2 Å². The van der Waals surface area contributed by atoms with Crippen LogP contribution >= 0.6 is 0 Å². The minimum Gasteiger partial charge on any atom is -0.501 e.